The highest BCUT2D eigenvalue weighted by molar-refractivity contribution is 9.10. The molecule has 1 amide bonds. The molecule has 0 aromatic heterocycles. The van der Waals surface area contributed by atoms with E-state index in [0.29, 0.717) is 5.75 Å². The van der Waals surface area contributed by atoms with E-state index in [0.717, 1.165) is 32.1 Å². The Bertz CT molecular complexity index is 1000. The minimum atomic E-state index is -0.322. The molecule has 27 heavy (non-hydrogen) atoms. The van der Waals surface area contributed by atoms with Gasteiger partial charge in [-0.15, -0.1) is 0 Å². The van der Waals surface area contributed by atoms with Crippen molar-refractivity contribution in [3.63, 3.8) is 0 Å². The first-order chi connectivity index (χ1) is 12.9. The average Bonchev–Trinajstić information content (AvgIpc) is 2.60. The summed E-state index contributed by atoms with van der Waals surface area (Å²) in [6.07, 6.45) is 0. The number of thiocarbonyl (C=S) groups is 1. The third kappa shape index (κ3) is 5.05. The van der Waals surface area contributed by atoms with Crippen molar-refractivity contribution in [2.45, 2.75) is 13.8 Å². The Morgan fingerprint density at radius 2 is 1.78 bits per heavy atom. The fraction of sp³-hybridized carbons (Fsp3) is 0.143. The van der Waals surface area contributed by atoms with Gasteiger partial charge in [0.2, 0.25) is 0 Å². The van der Waals surface area contributed by atoms with Crippen molar-refractivity contribution in [3.8, 4) is 5.75 Å². The molecule has 0 saturated carbocycles. The maximum absolute atomic E-state index is 12.1. The summed E-state index contributed by atoms with van der Waals surface area (Å²) in [5.41, 5.74) is 3.09. The monoisotopic (exact) mass is 442 g/mol. The molecule has 6 heteroatoms. The maximum atomic E-state index is 12.1. The SMILES string of the molecule is Cc1cc(C)cc(NC(=S)NC(=O)COc2ccc3ccccc3c2Br)c1. The first kappa shape index (κ1) is 19.3. The molecule has 0 fully saturated rings. The molecule has 138 valence electrons. The van der Waals surface area contributed by atoms with Crippen molar-refractivity contribution >= 4 is 55.6 Å². The number of ether oxygens (including phenoxy) is 1. The lowest BCUT2D eigenvalue weighted by Crippen LogP contribution is -2.37. The van der Waals surface area contributed by atoms with Gasteiger partial charge in [-0.25, -0.2) is 0 Å². The Kier molecular flexibility index (Phi) is 6.08. The summed E-state index contributed by atoms with van der Waals surface area (Å²) in [6.45, 7) is 3.88. The van der Waals surface area contributed by atoms with Crippen LogP contribution in [0.2, 0.25) is 0 Å². The molecule has 0 radical (unpaired) electrons. The molecule has 3 aromatic rings. The van der Waals surface area contributed by atoms with Gasteiger partial charge in [-0.1, -0.05) is 36.4 Å². The van der Waals surface area contributed by atoms with Crippen molar-refractivity contribution in [1.82, 2.24) is 5.32 Å². The number of nitrogens with one attached hydrogen (secondary N) is 2. The van der Waals surface area contributed by atoms with Crippen molar-refractivity contribution < 1.29 is 9.53 Å². The molecule has 3 rings (SSSR count). The number of fused-ring (bicyclic) bond motifs is 1. The number of carbonyl (C=O) groups excluding carboxylic acids is 1. The molecule has 0 aliphatic rings. The van der Waals surface area contributed by atoms with Crippen molar-refractivity contribution in [1.29, 1.82) is 0 Å². The zero-order chi connectivity index (χ0) is 19.4. The predicted octanol–water partition coefficient (Wildman–Crippen LogP) is 5.11. The van der Waals surface area contributed by atoms with Crippen LogP contribution in [0, 0.1) is 13.8 Å². The molecule has 0 unspecified atom stereocenters. The third-order valence-electron chi connectivity index (χ3n) is 3.92. The van der Waals surface area contributed by atoms with Crippen LogP contribution >= 0.6 is 28.1 Å². The Morgan fingerprint density at radius 3 is 2.52 bits per heavy atom. The minimum absolute atomic E-state index is 0.133. The Balaban J connectivity index is 1.58. The van der Waals surface area contributed by atoms with E-state index in [9.17, 15) is 4.79 Å². The van der Waals surface area contributed by atoms with E-state index < -0.39 is 0 Å². The highest BCUT2D eigenvalue weighted by Crippen LogP contribution is 2.32. The molecular weight excluding hydrogens is 424 g/mol. The molecule has 0 saturated heterocycles. The van der Waals surface area contributed by atoms with E-state index in [1.165, 1.54) is 0 Å². The second-order valence-electron chi connectivity index (χ2n) is 6.27. The average molecular weight is 443 g/mol. The van der Waals surface area contributed by atoms with Crippen LogP contribution < -0.4 is 15.4 Å². The van der Waals surface area contributed by atoms with Gasteiger partial charge in [0.15, 0.2) is 11.7 Å². The highest BCUT2D eigenvalue weighted by Gasteiger charge is 2.10. The maximum Gasteiger partial charge on any atom is 0.264 e. The van der Waals surface area contributed by atoms with Gasteiger partial charge in [-0.3, -0.25) is 10.1 Å². The van der Waals surface area contributed by atoms with Gasteiger partial charge >= 0.3 is 0 Å². The molecule has 3 aromatic carbocycles. The fourth-order valence-electron chi connectivity index (χ4n) is 2.84. The fourth-order valence-corrected chi connectivity index (χ4v) is 3.68. The van der Waals surface area contributed by atoms with Gasteiger partial charge in [-0.05, 0) is 82.1 Å². The molecular formula is C21H19BrN2O2S. The molecule has 0 atom stereocenters. The van der Waals surface area contributed by atoms with Gasteiger partial charge in [0.1, 0.15) is 5.75 Å². The summed E-state index contributed by atoms with van der Waals surface area (Å²) >= 11 is 8.76. The Labute approximate surface area is 172 Å². The summed E-state index contributed by atoms with van der Waals surface area (Å²) in [6, 6.07) is 17.8. The summed E-state index contributed by atoms with van der Waals surface area (Å²) in [7, 11) is 0. The topological polar surface area (TPSA) is 50.4 Å². The number of hydrogen-bond acceptors (Lipinski definition) is 3. The van der Waals surface area contributed by atoms with E-state index >= 15 is 0 Å². The number of halogens is 1. The van der Waals surface area contributed by atoms with E-state index in [1.54, 1.807) is 0 Å². The molecule has 4 nitrogen and oxygen atoms in total. The van der Waals surface area contributed by atoms with E-state index in [4.69, 9.17) is 17.0 Å². The number of carbonyl (C=O) groups is 1. The van der Waals surface area contributed by atoms with Crippen LogP contribution in [0.15, 0.2) is 59.1 Å². The van der Waals surface area contributed by atoms with Gasteiger partial charge < -0.3 is 10.1 Å². The van der Waals surface area contributed by atoms with Gasteiger partial charge in [0.05, 0.1) is 4.47 Å². The van der Waals surface area contributed by atoms with Crippen LogP contribution in [0.5, 0.6) is 5.75 Å². The molecule has 0 bridgehead atoms. The molecule has 0 aliphatic carbocycles. The normalized spacial score (nSPS) is 10.5. The molecule has 0 spiro atoms. The second-order valence-corrected chi connectivity index (χ2v) is 7.47. The van der Waals surface area contributed by atoms with E-state index in [2.05, 4.69) is 32.6 Å². The zero-order valence-electron chi connectivity index (χ0n) is 15.0. The van der Waals surface area contributed by atoms with Gasteiger partial charge in [-0.2, -0.15) is 0 Å². The number of hydrogen-bond donors (Lipinski definition) is 2. The van der Waals surface area contributed by atoms with Crippen molar-refractivity contribution in [2.75, 3.05) is 11.9 Å². The zero-order valence-corrected chi connectivity index (χ0v) is 17.4. The summed E-state index contributed by atoms with van der Waals surface area (Å²) in [5, 5.41) is 8.03. The van der Waals surface area contributed by atoms with Crippen molar-refractivity contribution in [2.24, 2.45) is 0 Å². The van der Waals surface area contributed by atoms with Crippen molar-refractivity contribution in [3.05, 3.63) is 70.2 Å². The van der Waals surface area contributed by atoms with Crippen LogP contribution in [-0.4, -0.2) is 17.6 Å². The Morgan fingerprint density at radius 1 is 1.07 bits per heavy atom. The minimum Gasteiger partial charge on any atom is -0.483 e. The van der Waals surface area contributed by atoms with E-state index in [-0.39, 0.29) is 17.6 Å². The number of rotatable bonds is 4. The third-order valence-corrected chi connectivity index (χ3v) is 4.94. The highest BCUT2D eigenvalue weighted by atomic mass is 79.9. The standard InChI is InChI=1S/C21H19BrN2O2S/c1-13-9-14(2)11-16(10-13)23-21(27)24-19(25)12-26-18-8-7-15-5-3-4-6-17(15)20(18)22/h3-11H,12H2,1-2H3,(H2,23,24,25,27). The lowest BCUT2D eigenvalue weighted by atomic mass is 10.1. The number of anilines is 1. The first-order valence-corrected chi connectivity index (χ1v) is 9.61. The first-order valence-electron chi connectivity index (χ1n) is 8.41. The number of aryl methyl sites for hydroxylation is 2. The number of amides is 1. The lowest BCUT2D eigenvalue weighted by molar-refractivity contribution is -0.121. The second kappa shape index (κ2) is 8.50. The Hall–Kier alpha value is -2.44. The quantitative estimate of drug-likeness (QED) is 0.551. The summed E-state index contributed by atoms with van der Waals surface area (Å²) < 4.78 is 6.47. The van der Waals surface area contributed by atoms with Crippen LogP contribution in [0.1, 0.15) is 11.1 Å². The number of benzene rings is 3. The molecule has 0 heterocycles. The van der Waals surface area contributed by atoms with Gasteiger partial charge in [0.25, 0.3) is 5.91 Å². The predicted molar refractivity (Wildman–Crippen MR) is 117 cm³/mol. The van der Waals surface area contributed by atoms with Crippen LogP contribution in [0.4, 0.5) is 5.69 Å². The largest absolute Gasteiger partial charge is 0.483 e. The summed E-state index contributed by atoms with van der Waals surface area (Å²) in [5.74, 6) is 0.286. The van der Waals surface area contributed by atoms with Crippen LogP contribution in [-0.2, 0) is 4.79 Å². The smallest absolute Gasteiger partial charge is 0.264 e. The van der Waals surface area contributed by atoms with Crippen LogP contribution in [0.3, 0.4) is 0 Å². The van der Waals surface area contributed by atoms with E-state index in [1.807, 2.05) is 62.4 Å². The lowest BCUT2D eigenvalue weighted by Gasteiger charge is -2.13. The van der Waals surface area contributed by atoms with Crippen LogP contribution in [0.25, 0.3) is 10.8 Å². The molecule has 0 aliphatic heterocycles. The summed E-state index contributed by atoms with van der Waals surface area (Å²) in [4.78, 5) is 12.1. The molecule has 2 N–H and O–H groups in total. The van der Waals surface area contributed by atoms with Gasteiger partial charge in [0, 0.05) is 5.69 Å².